The molecule has 0 saturated heterocycles. The first-order valence-corrected chi connectivity index (χ1v) is 15.7. The number of pyridine rings is 2. The molecule has 0 bridgehead atoms. The normalized spacial score (nSPS) is 11.3. The molecule has 226 valence electrons. The maximum Gasteiger partial charge on any atom is 0.154 e. The standard InChI is InChI=1S/C39H28ClN7/c1-25-10-9-15-30(18-25)47-35-21-37(44-38(27-11-5-3-6-12-27)28-13-7-4-8-14-28)42-24-33(35)39(45-47)32-17-16-31(19-26(32)2)46-34-20-36(40)41-22-29(34)23-43-46/h3-24H,1-2H3. The van der Waals surface area contributed by atoms with Crippen LogP contribution in [-0.2, 0) is 0 Å². The van der Waals surface area contributed by atoms with Gasteiger partial charge in [-0.05, 0) is 49.2 Å². The zero-order chi connectivity index (χ0) is 31.9. The van der Waals surface area contributed by atoms with Crippen LogP contribution < -0.4 is 0 Å². The van der Waals surface area contributed by atoms with E-state index in [0.717, 1.165) is 72.4 Å². The molecule has 0 aliphatic carbocycles. The predicted octanol–water partition coefficient (Wildman–Crippen LogP) is 9.26. The van der Waals surface area contributed by atoms with E-state index in [1.807, 2.05) is 64.1 Å². The molecular weight excluding hydrogens is 602 g/mol. The summed E-state index contributed by atoms with van der Waals surface area (Å²) in [5.74, 6) is 0.603. The molecule has 0 aliphatic rings. The Hall–Kier alpha value is -5.92. The van der Waals surface area contributed by atoms with Crippen LogP contribution in [0, 0.1) is 13.8 Å². The number of halogens is 1. The summed E-state index contributed by atoms with van der Waals surface area (Å²) in [5.41, 5.74) is 10.7. The van der Waals surface area contributed by atoms with Gasteiger partial charge < -0.3 is 0 Å². The highest BCUT2D eigenvalue weighted by molar-refractivity contribution is 6.30. The van der Waals surface area contributed by atoms with Gasteiger partial charge in [-0.2, -0.15) is 10.2 Å². The van der Waals surface area contributed by atoms with Gasteiger partial charge in [-0.1, -0.05) is 90.5 Å². The molecule has 0 radical (unpaired) electrons. The van der Waals surface area contributed by atoms with E-state index in [4.69, 9.17) is 26.7 Å². The Morgan fingerprint density at radius 3 is 2.13 bits per heavy atom. The molecule has 8 aromatic rings. The largest absolute Gasteiger partial charge is 0.244 e. The monoisotopic (exact) mass is 629 g/mol. The summed E-state index contributed by atoms with van der Waals surface area (Å²) in [6.45, 7) is 4.18. The smallest absolute Gasteiger partial charge is 0.154 e. The number of benzene rings is 4. The Morgan fingerprint density at radius 2 is 1.40 bits per heavy atom. The Bertz CT molecular complexity index is 2400. The fourth-order valence-corrected chi connectivity index (χ4v) is 6.12. The third-order valence-corrected chi connectivity index (χ3v) is 8.45. The van der Waals surface area contributed by atoms with Crippen molar-refractivity contribution in [2.45, 2.75) is 13.8 Å². The molecule has 0 aliphatic heterocycles. The van der Waals surface area contributed by atoms with E-state index < -0.39 is 0 Å². The molecule has 0 spiro atoms. The van der Waals surface area contributed by atoms with Gasteiger partial charge in [0.2, 0.25) is 0 Å². The highest BCUT2D eigenvalue weighted by Gasteiger charge is 2.18. The fraction of sp³-hybridized carbons (Fsp3) is 0.0513. The first kappa shape index (κ1) is 28.5. The number of rotatable bonds is 6. The van der Waals surface area contributed by atoms with Crippen molar-refractivity contribution in [2.24, 2.45) is 4.99 Å². The lowest BCUT2D eigenvalue weighted by Gasteiger charge is -2.09. The van der Waals surface area contributed by atoms with Crippen molar-refractivity contribution in [3.63, 3.8) is 0 Å². The SMILES string of the molecule is Cc1cccc(-n2nc(-c3ccc(-n4ncc5cnc(Cl)cc54)cc3C)c3cnc(N=C(c4ccccc4)c4ccccc4)cc32)c1. The topological polar surface area (TPSA) is 73.8 Å². The molecule has 7 nitrogen and oxygen atoms in total. The van der Waals surface area contributed by atoms with Gasteiger partial charge in [0.25, 0.3) is 0 Å². The third-order valence-electron chi connectivity index (χ3n) is 8.25. The van der Waals surface area contributed by atoms with E-state index >= 15 is 0 Å². The van der Waals surface area contributed by atoms with E-state index in [-0.39, 0.29) is 0 Å². The summed E-state index contributed by atoms with van der Waals surface area (Å²) >= 11 is 6.21. The number of nitrogens with zero attached hydrogens (tertiary/aromatic N) is 7. The van der Waals surface area contributed by atoms with Crippen molar-refractivity contribution in [1.82, 2.24) is 29.5 Å². The third kappa shape index (κ3) is 5.37. The van der Waals surface area contributed by atoms with Gasteiger partial charge in [0.05, 0.1) is 34.3 Å². The van der Waals surface area contributed by atoms with Gasteiger partial charge in [0, 0.05) is 52.0 Å². The maximum atomic E-state index is 6.21. The van der Waals surface area contributed by atoms with Crippen LogP contribution in [0.2, 0.25) is 5.15 Å². The van der Waals surface area contributed by atoms with E-state index in [2.05, 4.69) is 90.7 Å². The fourth-order valence-electron chi connectivity index (χ4n) is 5.97. The van der Waals surface area contributed by atoms with Crippen molar-refractivity contribution < 1.29 is 0 Å². The molecule has 4 heterocycles. The lowest BCUT2D eigenvalue weighted by atomic mass is 10.0. The molecule has 0 fully saturated rings. The zero-order valence-corrected chi connectivity index (χ0v) is 26.5. The second kappa shape index (κ2) is 11.8. The minimum atomic E-state index is 0.427. The van der Waals surface area contributed by atoms with Crippen LogP contribution in [0.25, 0.3) is 44.4 Å². The Labute approximate surface area is 276 Å². The van der Waals surface area contributed by atoms with Crippen molar-refractivity contribution in [3.05, 3.63) is 161 Å². The summed E-state index contributed by atoms with van der Waals surface area (Å²) < 4.78 is 3.87. The van der Waals surface area contributed by atoms with Crippen LogP contribution in [0.4, 0.5) is 5.82 Å². The molecule has 0 amide bonds. The van der Waals surface area contributed by atoms with E-state index in [9.17, 15) is 0 Å². The van der Waals surface area contributed by atoms with E-state index in [1.165, 1.54) is 0 Å². The molecule has 0 N–H and O–H groups in total. The van der Waals surface area contributed by atoms with Crippen LogP contribution in [0.3, 0.4) is 0 Å². The second-order valence-corrected chi connectivity index (χ2v) is 11.9. The number of aryl methyl sites for hydroxylation is 2. The Balaban J connectivity index is 1.29. The molecule has 47 heavy (non-hydrogen) atoms. The number of aliphatic imine (C=N–C) groups is 1. The molecule has 4 aromatic carbocycles. The van der Waals surface area contributed by atoms with Crippen LogP contribution in [-0.4, -0.2) is 35.2 Å². The number of aromatic nitrogens is 6. The summed E-state index contributed by atoms with van der Waals surface area (Å²) in [7, 11) is 0. The van der Waals surface area contributed by atoms with Crippen molar-refractivity contribution >= 4 is 44.9 Å². The van der Waals surface area contributed by atoms with Crippen LogP contribution in [0.1, 0.15) is 22.3 Å². The molecular formula is C39H28ClN7. The Morgan fingerprint density at radius 1 is 0.660 bits per heavy atom. The number of fused-ring (bicyclic) bond motifs is 2. The van der Waals surface area contributed by atoms with Crippen LogP contribution in [0.15, 0.2) is 139 Å². The maximum absolute atomic E-state index is 6.21. The zero-order valence-electron chi connectivity index (χ0n) is 25.7. The van der Waals surface area contributed by atoms with Crippen molar-refractivity contribution in [1.29, 1.82) is 0 Å². The Kier molecular flexibility index (Phi) is 7.16. The second-order valence-electron chi connectivity index (χ2n) is 11.5. The number of hydrogen-bond acceptors (Lipinski definition) is 5. The molecule has 0 atom stereocenters. The van der Waals surface area contributed by atoms with Gasteiger partial charge in [-0.15, -0.1) is 0 Å². The highest BCUT2D eigenvalue weighted by Crippen LogP contribution is 2.34. The lowest BCUT2D eigenvalue weighted by molar-refractivity contribution is 0.905. The molecule has 0 unspecified atom stereocenters. The van der Waals surface area contributed by atoms with Crippen LogP contribution >= 0.6 is 11.6 Å². The highest BCUT2D eigenvalue weighted by atomic mass is 35.5. The van der Waals surface area contributed by atoms with Crippen molar-refractivity contribution in [3.8, 4) is 22.6 Å². The minimum absolute atomic E-state index is 0.427. The summed E-state index contributed by atoms with van der Waals surface area (Å²) in [5, 5.41) is 12.1. The van der Waals surface area contributed by atoms with Crippen molar-refractivity contribution in [2.75, 3.05) is 0 Å². The summed E-state index contributed by atoms with van der Waals surface area (Å²) in [6, 6.07) is 38.9. The average molecular weight is 630 g/mol. The average Bonchev–Trinajstić information content (AvgIpc) is 3.69. The molecule has 8 heteroatoms. The predicted molar refractivity (Wildman–Crippen MR) is 189 cm³/mol. The number of hydrogen-bond donors (Lipinski definition) is 0. The van der Waals surface area contributed by atoms with Gasteiger partial charge in [-0.3, -0.25) is 0 Å². The van der Waals surface area contributed by atoms with Crippen LogP contribution in [0.5, 0.6) is 0 Å². The van der Waals surface area contributed by atoms with Gasteiger partial charge >= 0.3 is 0 Å². The molecule has 8 rings (SSSR count). The van der Waals surface area contributed by atoms with E-state index in [0.29, 0.717) is 11.0 Å². The summed E-state index contributed by atoms with van der Waals surface area (Å²) in [6.07, 6.45) is 5.42. The van der Waals surface area contributed by atoms with Gasteiger partial charge in [0.15, 0.2) is 5.82 Å². The molecule has 0 saturated carbocycles. The molecule has 4 aromatic heterocycles. The quantitative estimate of drug-likeness (QED) is 0.136. The lowest BCUT2D eigenvalue weighted by Crippen LogP contribution is -2.03. The summed E-state index contributed by atoms with van der Waals surface area (Å²) in [4.78, 5) is 14.2. The van der Waals surface area contributed by atoms with E-state index in [1.54, 1.807) is 12.4 Å². The van der Waals surface area contributed by atoms with Gasteiger partial charge in [0.1, 0.15) is 10.8 Å². The first-order chi connectivity index (χ1) is 23.0. The van der Waals surface area contributed by atoms with Gasteiger partial charge in [-0.25, -0.2) is 24.3 Å². The first-order valence-electron chi connectivity index (χ1n) is 15.3. The minimum Gasteiger partial charge on any atom is -0.244 e.